The van der Waals surface area contributed by atoms with Gasteiger partial charge in [0, 0.05) is 25.4 Å². The lowest BCUT2D eigenvalue weighted by Crippen LogP contribution is -2.76. The number of hydrogen-bond donors (Lipinski definition) is 0. The normalized spacial score (nSPS) is 14.8. The van der Waals surface area contributed by atoms with E-state index in [-0.39, 0.29) is 6.71 Å². The predicted octanol–water partition coefficient (Wildman–Crippen LogP) is 4.73. The molecule has 44 heavy (non-hydrogen) atoms. The first-order valence-electron chi connectivity index (χ1n) is 18.2. The topological polar surface area (TPSA) is 3.88 Å². The lowest BCUT2D eigenvalue weighted by molar-refractivity contribution is -0.659. The standard InChI is InChI=1S/C41H38B2N/c1-27-14-7-8-19-33(27)38-25-24-32(26-44(38)6)34-20-13-23-37-41(34)43(40-30(4)17-12-18-31(40)5)36-22-10-9-21-35(36)42(37)39-28(2)15-11-16-29(39)3/h7-26H,1-6H3/q+1/i2D3,4D3. The van der Waals surface area contributed by atoms with E-state index < -0.39 is 20.4 Å². The first kappa shape index (κ1) is 22.0. The molecule has 0 saturated heterocycles. The molecule has 7 rings (SSSR count). The lowest BCUT2D eigenvalue weighted by atomic mass is 9.20. The van der Waals surface area contributed by atoms with Crippen molar-refractivity contribution in [3.8, 4) is 22.4 Å². The number of pyridine rings is 1. The minimum absolute atomic E-state index is 0.330. The second-order valence-corrected chi connectivity index (χ2v) is 12.1. The van der Waals surface area contributed by atoms with Crippen molar-refractivity contribution in [2.24, 2.45) is 7.05 Å². The number of aromatic nitrogens is 1. The maximum atomic E-state index is 8.63. The summed E-state index contributed by atoms with van der Waals surface area (Å²) in [5.41, 5.74) is 13.4. The van der Waals surface area contributed by atoms with Gasteiger partial charge in [-0.2, -0.15) is 0 Å². The number of rotatable bonds is 4. The Bertz CT molecular complexity index is 2270. The van der Waals surface area contributed by atoms with Gasteiger partial charge < -0.3 is 0 Å². The third-order valence-electron chi connectivity index (χ3n) is 9.45. The fraction of sp³-hybridized carbons (Fsp3) is 0.146. The summed E-state index contributed by atoms with van der Waals surface area (Å²) in [6.07, 6.45) is 2.15. The Labute approximate surface area is 271 Å². The number of fused-ring (bicyclic) bond motifs is 2. The molecular formula is C41H38B2N+. The molecular weight excluding hydrogens is 528 g/mol. The Morgan fingerprint density at radius 1 is 0.477 bits per heavy atom. The van der Waals surface area contributed by atoms with Crippen LogP contribution in [-0.2, 0) is 7.05 Å². The Morgan fingerprint density at radius 2 is 1.00 bits per heavy atom. The highest BCUT2D eigenvalue weighted by Crippen LogP contribution is 2.24. The van der Waals surface area contributed by atoms with Crippen LogP contribution in [0.2, 0.25) is 0 Å². The van der Waals surface area contributed by atoms with Crippen molar-refractivity contribution < 1.29 is 12.8 Å². The molecule has 6 aromatic rings. The smallest absolute Gasteiger partial charge is 0.200 e. The van der Waals surface area contributed by atoms with Gasteiger partial charge in [0.05, 0.1) is 0 Å². The van der Waals surface area contributed by atoms with Crippen LogP contribution in [0, 0.1) is 34.5 Å². The molecule has 0 amide bonds. The summed E-state index contributed by atoms with van der Waals surface area (Å²) < 4.78 is 53.8. The van der Waals surface area contributed by atoms with Gasteiger partial charge in [-0.05, 0) is 57.7 Å². The summed E-state index contributed by atoms with van der Waals surface area (Å²) in [4.78, 5) is 0. The summed E-state index contributed by atoms with van der Waals surface area (Å²) >= 11 is 0. The molecule has 0 fully saturated rings. The van der Waals surface area contributed by atoms with Gasteiger partial charge in [0.2, 0.25) is 19.1 Å². The van der Waals surface area contributed by atoms with E-state index in [9.17, 15) is 0 Å². The second-order valence-electron chi connectivity index (χ2n) is 12.1. The SMILES string of the molecule is [2H]C([2H])([2H])c1cccc(C)c1B1c2ccccc2B(c2c(C)cccc2C([2H])([2H])[2H])c2c1cccc2-c1ccc(-c2ccccc2C)[n+](C)c1. The fourth-order valence-corrected chi connectivity index (χ4v) is 7.41. The molecule has 3 heteroatoms. The molecule has 2 heterocycles. The predicted molar refractivity (Wildman–Crippen MR) is 191 cm³/mol. The highest BCUT2D eigenvalue weighted by molar-refractivity contribution is 7.12. The summed E-state index contributed by atoms with van der Waals surface area (Å²) in [7, 11) is 2.06. The molecule has 212 valence electrons. The van der Waals surface area contributed by atoms with Crippen LogP contribution in [0.25, 0.3) is 22.4 Å². The molecule has 0 bridgehead atoms. The molecule has 0 saturated carbocycles. The number of nitrogens with zero attached hydrogens (tertiary/aromatic N) is 1. The average molecular weight is 572 g/mol. The van der Waals surface area contributed by atoms with Gasteiger partial charge in [0.1, 0.15) is 7.05 Å². The van der Waals surface area contributed by atoms with E-state index in [1.807, 2.05) is 56.3 Å². The third-order valence-corrected chi connectivity index (χ3v) is 9.45. The minimum atomic E-state index is -2.34. The van der Waals surface area contributed by atoms with Crippen LogP contribution in [0.1, 0.15) is 36.0 Å². The van der Waals surface area contributed by atoms with Crippen LogP contribution in [0.4, 0.5) is 0 Å². The molecule has 0 N–H and O–H groups in total. The summed E-state index contributed by atoms with van der Waals surface area (Å²) in [6, 6.07) is 38.2. The molecule has 1 aliphatic rings. The first-order chi connectivity index (χ1) is 23.8. The molecule has 0 spiro atoms. The molecule has 0 atom stereocenters. The number of benzene rings is 5. The number of aryl methyl sites for hydroxylation is 6. The van der Waals surface area contributed by atoms with Gasteiger partial charge in [0.25, 0.3) is 0 Å². The van der Waals surface area contributed by atoms with E-state index in [1.165, 1.54) is 5.56 Å². The molecule has 1 aromatic heterocycles. The molecule has 0 aliphatic carbocycles. The van der Waals surface area contributed by atoms with Crippen molar-refractivity contribution in [2.45, 2.75) is 34.5 Å². The first-order valence-corrected chi connectivity index (χ1v) is 15.2. The van der Waals surface area contributed by atoms with Crippen molar-refractivity contribution in [3.05, 3.63) is 149 Å². The molecule has 1 nitrogen and oxygen atoms in total. The van der Waals surface area contributed by atoms with E-state index >= 15 is 0 Å². The molecule has 0 unspecified atom stereocenters. The molecule has 1 aliphatic heterocycles. The van der Waals surface area contributed by atoms with Crippen molar-refractivity contribution in [1.82, 2.24) is 0 Å². The van der Waals surface area contributed by atoms with Gasteiger partial charge in [-0.25, -0.2) is 4.57 Å². The van der Waals surface area contributed by atoms with Gasteiger partial charge in [-0.3, -0.25) is 0 Å². The summed E-state index contributed by atoms with van der Waals surface area (Å²) in [5.74, 6) is 0. The second kappa shape index (κ2) is 11.1. The van der Waals surface area contributed by atoms with Gasteiger partial charge in [-0.1, -0.05) is 152 Å². The van der Waals surface area contributed by atoms with E-state index in [0.717, 1.165) is 66.3 Å². The van der Waals surface area contributed by atoms with Crippen molar-refractivity contribution in [2.75, 3.05) is 0 Å². The Hall–Kier alpha value is -4.62. The zero-order valence-electron chi connectivity index (χ0n) is 31.6. The van der Waals surface area contributed by atoms with Crippen LogP contribution in [-0.4, -0.2) is 13.4 Å². The van der Waals surface area contributed by atoms with Crippen LogP contribution in [0.3, 0.4) is 0 Å². The van der Waals surface area contributed by atoms with E-state index in [4.69, 9.17) is 8.22 Å². The van der Waals surface area contributed by atoms with Crippen LogP contribution < -0.4 is 37.3 Å². The van der Waals surface area contributed by atoms with Gasteiger partial charge >= 0.3 is 0 Å². The Morgan fingerprint density at radius 3 is 1.66 bits per heavy atom. The number of hydrogen-bond acceptors (Lipinski definition) is 0. The van der Waals surface area contributed by atoms with Crippen molar-refractivity contribution in [3.63, 3.8) is 0 Å². The molecule has 5 aromatic carbocycles. The zero-order valence-corrected chi connectivity index (χ0v) is 25.6. The van der Waals surface area contributed by atoms with Gasteiger partial charge in [0.15, 0.2) is 6.20 Å². The van der Waals surface area contributed by atoms with Crippen molar-refractivity contribution >= 4 is 46.2 Å². The van der Waals surface area contributed by atoms with Gasteiger partial charge in [-0.15, -0.1) is 0 Å². The average Bonchev–Trinajstić information content (AvgIpc) is 3.07. The van der Waals surface area contributed by atoms with E-state index in [2.05, 4.69) is 85.4 Å². The summed E-state index contributed by atoms with van der Waals surface area (Å²) in [5, 5.41) is 0. The maximum absolute atomic E-state index is 8.63. The Kier molecular flexibility index (Phi) is 5.56. The minimum Gasteiger partial charge on any atom is -0.200 e. The fourth-order valence-electron chi connectivity index (χ4n) is 7.41. The Balaban J connectivity index is 1.59. The third kappa shape index (κ3) is 4.54. The lowest BCUT2D eigenvalue weighted by Gasteiger charge is -2.35. The van der Waals surface area contributed by atoms with Crippen LogP contribution in [0.5, 0.6) is 0 Å². The zero-order chi connectivity index (χ0) is 35.5. The highest BCUT2D eigenvalue weighted by atomic mass is 14.9. The largest absolute Gasteiger partial charge is 0.241 e. The van der Waals surface area contributed by atoms with E-state index in [0.29, 0.717) is 11.1 Å². The van der Waals surface area contributed by atoms with Crippen molar-refractivity contribution in [1.29, 1.82) is 0 Å². The van der Waals surface area contributed by atoms with E-state index in [1.54, 1.807) is 12.1 Å². The summed E-state index contributed by atoms with van der Waals surface area (Å²) in [6.45, 7) is 0.639. The monoisotopic (exact) mass is 572 g/mol. The quantitative estimate of drug-likeness (QED) is 0.212. The van der Waals surface area contributed by atoms with Crippen LogP contribution in [0.15, 0.2) is 121 Å². The van der Waals surface area contributed by atoms with Crippen LogP contribution >= 0.6 is 0 Å². The molecule has 0 radical (unpaired) electrons. The highest BCUT2D eigenvalue weighted by Gasteiger charge is 2.41. The maximum Gasteiger partial charge on any atom is 0.241 e.